The van der Waals surface area contributed by atoms with Crippen molar-refractivity contribution in [3.8, 4) is 5.75 Å². The first kappa shape index (κ1) is 26.1. The minimum absolute atomic E-state index is 0.109. The lowest BCUT2D eigenvalue weighted by atomic mass is 9.51. The highest BCUT2D eigenvalue weighted by Gasteiger charge is 2.57. The van der Waals surface area contributed by atoms with Crippen LogP contribution in [0.3, 0.4) is 0 Å². The van der Waals surface area contributed by atoms with Crippen molar-refractivity contribution in [2.24, 2.45) is 29.1 Å². The molecule has 192 valence electrons. The molecule has 0 heterocycles. The van der Waals surface area contributed by atoms with Gasteiger partial charge < -0.3 is 10.2 Å². The van der Waals surface area contributed by atoms with E-state index in [-0.39, 0.29) is 11.5 Å². The van der Waals surface area contributed by atoms with Crippen LogP contribution in [0.1, 0.15) is 134 Å². The first-order valence-electron chi connectivity index (χ1n) is 14.9. The number of phenols is 1. The molecule has 0 radical (unpaired) electrons. The molecule has 4 unspecified atom stereocenters. The second kappa shape index (κ2) is 11.8. The largest absolute Gasteiger partial charge is 0.508 e. The van der Waals surface area contributed by atoms with E-state index < -0.39 is 0 Å². The fourth-order valence-corrected chi connectivity index (χ4v) is 8.55. The Morgan fingerprint density at radius 1 is 0.971 bits per heavy atom. The standard InChI is InChI=1S/C32H52O2/c1-4-12-23(2)13-10-8-6-5-7-9-11-14-25-22-32(3)29(19-20-30(32)34)28-17-15-24-21-26(33)16-18-27(24)31(25)28/h16,18,21,23,25,28-31,33-34H,4-15,17,19-20,22H2,1-3H3/t23?,25-,28?,29?,30-,31?,32-/m0/s1. The lowest BCUT2D eigenvalue weighted by Crippen LogP contribution is -2.47. The number of hydrogen-bond acceptors (Lipinski definition) is 2. The van der Waals surface area contributed by atoms with E-state index in [0.717, 1.165) is 18.8 Å². The summed E-state index contributed by atoms with van der Waals surface area (Å²) in [6, 6.07) is 6.19. The van der Waals surface area contributed by atoms with Crippen LogP contribution in [-0.4, -0.2) is 16.3 Å². The average Bonchev–Trinajstić information content (AvgIpc) is 3.11. The van der Waals surface area contributed by atoms with E-state index in [1.807, 2.05) is 12.1 Å². The highest BCUT2D eigenvalue weighted by atomic mass is 16.3. The smallest absolute Gasteiger partial charge is 0.115 e. The summed E-state index contributed by atoms with van der Waals surface area (Å²) in [5, 5.41) is 21.0. The Balaban J connectivity index is 1.29. The number of rotatable bonds is 12. The van der Waals surface area contributed by atoms with Gasteiger partial charge in [-0.25, -0.2) is 0 Å². The Labute approximate surface area is 209 Å². The van der Waals surface area contributed by atoms with Gasteiger partial charge >= 0.3 is 0 Å². The quantitative estimate of drug-likeness (QED) is 0.301. The lowest BCUT2D eigenvalue weighted by Gasteiger charge is -2.54. The molecule has 0 spiro atoms. The second-order valence-corrected chi connectivity index (χ2v) is 12.7. The van der Waals surface area contributed by atoms with Crippen LogP contribution in [0.25, 0.3) is 0 Å². The Kier molecular flexibility index (Phi) is 9.05. The molecule has 0 amide bonds. The fourth-order valence-electron chi connectivity index (χ4n) is 8.55. The zero-order valence-corrected chi connectivity index (χ0v) is 22.4. The van der Waals surface area contributed by atoms with E-state index in [0.29, 0.717) is 29.4 Å². The molecule has 1 aromatic rings. The van der Waals surface area contributed by atoms with E-state index in [4.69, 9.17) is 0 Å². The summed E-state index contributed by atoms with van der Waals surface area (Å²) in [5.74, 6) is 4.04. The summed E-state index contributed by atoms with van der Waals surface area (Å²) in [6.07, 6.45) is 20.8. The summed E-state index contributed by atoms with van der Waals surface area (Å²) in [6.45, 7) is 7.13. The number of aliphatic hydroxyl groups excluding tert-OH is 1. The summed E-state index contributed by atoms with van der Waals surface area (Å²) in [5.41, 5.74) is 3.04. The normalized spacial score (nSPS) is 33.2. The highest BCUT2D eigenvalue weighted by Crippen LogP contribution is 2.63. The van der Waals surface area contributed by atoms with Gasteiger partial charge in [-0.05, 0) is 96.8 Å². The molecule has 2 saturated carbocycles. The molecule has 3 aliphatic rings. The van der Waals surface area contributed by atoms with Crippen LogP contribution in [0, 0.1) is 29.1 Å². The van der Waals surface area contributed by atoms with Crippen molar-refractivity contribution in [3.63, 3.8) is 0 Å². The average molecular weight is 469 g/mol. The van der Waals surface area contributed by atoms with Crippen molar-refractivity contribution >= 4 is 0 Å². The minimum Gasteiger partial charge on any atom is -0.508 e. The molecule has 2 N–H and O–H groups in total. The van der Waals surface area contributed by atoms with Gasteiger partial charge in [0.05, 0.1) is 6.10 Å². The van der Waals surface area contributed by atoms with Gasteiger partial charge in [-0.1, -0.05) is 91.0 Å². The zero-order chi connectivity index (χ0) is 24.1. The maximum atomic E-state index is 11.0. The molecule has 7 atom stereocenters. The van der Waals surface area contributed by atoms with Crippen molar-refractivity contribution in [2.45, 2.75) is 136 Å². The number of aryl methyl sites for hydroxylation is 1. The van der Waals surface area contributed by atoms with Crippen molar-refractivity contribution in [1.82, 2.24) is 0 Å². The number of fused-ring (bicyclic) bond motifs is 5. The molecule has 2 nitrogen and oxygen atoms in total. The third kappa shape index (κ3) is 5.69. The SMILES string of the molecule is CCCC(C)CCCCCCCCC[C@H]1C[C@@]2(C)C(CC[C@@H]2O)C2CCc3cc(O)ccc3C21. The van der Waals surface area contributed by atoms with Crippen molar-refractivity contribution in [3.05, 3.63) is 29.3 Å². The number of aliphatic hydroxyl groups is 1. The number of unbranched alkanes of at least 4 members (excludes halogenated alkanes) is 6. The Hall–Kier alpha value is -1.02. The van der Waals surface area contributed by atoms with Gasteiger partial charge in [0.2, 0.25) is 0 Å². The molecule has 3 aliphatic carbocycles. The first-order valence-corrected chi connectivity index (χ1v) is 14.9. The molecule has 0 aromatic heterocycles. The molecule has 2 fully saturated rings. The third-order valence-corrected chi connectivity index (χ3v) is 10.3. The molecular formula is C32H52O2. The third-order valence-electron chi connectivity index (χ3n) is 10.3. The topological polar surface area (TPSA) is 40.5 Å². The highest BCUT2D eigenvalue weighted by molar-refractivity contribution is 5.40. The van der Waals surface area contributed by atoms with Gasteiger partial charge in [-0.2, -0.15) is 0 Å². The van der Waals surface area contributed by atoms with Gasteiger partial charge in [0.1, 0.15) is 5.75 Å². The van der Waals surface area contributed by atoms with Crippen LogP contribution in [0.5, 0.6) is 5.75 Å². The van der Waals surface area contributed by atoms with E-state index in [1.54, 1.807) is 0 Å². The van der Waals surface area contributed by atoms with Crippen LogP contribution in [0.2, 0.25) is 0 Å². The second-order valence-electron chi connectivity index (χ2n) is 12.7. The monoisotopic (exact) mass is 468 g/mol. The maximum absolute atomic E-state index is 11.0. The Morgan fingerprint density at radius 3 is 2.47 bits per heavy atom. The summed E-state index contributed by atoms with van der Waals surface area (Å²) >= 11 is 0. The summed E-state index contributed by atoms with van der Waals surface area (Å²) in [7, 11) is 0. The number of phenolic OH excluding ortho intramolecular Hbond substituents is 1. The Morgan fingerprint density at radius 2 is 1.71 bits per heavy atom. The molecule has 4 rings (SSSR count). The van der Waals surface area contributed by atoms with Gasteiger partial charge in [0.15, 0.2) is 0 Å². The van der Waals surface area contributed by atoms with Gasteiger partial charge in [-0.3, -0.25) is 0 Å². The first-order chi connectivity index (χ1) is 16.4. The van der Waals surface area contributed by atoms with Crippen LogP contribution in [-0.2, 0) is 6.42 Å². The predicted octanol–water partition coefficient (Wildman–Crippen LogP) is 8.78. The summed E-state index contributed by atoms with van der Waals surface area (Å²) in [4.78, 5) is 0. The zero-order valence-electron chi connectivity index (χ0n) is 22.4. The predicted molar refractivity (Wildman–Crippen MR) is 143 cm³/mol. The van der Waals surface area contributed by atoms with Gasteiger partial charge in [-0.15, -0.1) is 0 Å². The van der Waals surface area contributed by atoms with Crippen molar-refractivity contribution < 1.29 is 10.2 Å². The van der Waals surface area contributed by atoms with Crippen LogP contribution >= 0.6 is 0 Å². The molecule has 34 heavy (non-hydrogen) atoms. The lowest BCUT2D eigenvalue weighted by molar-refractivity contribution is -0.0501. The van der Waals surface area contributed by atoms with E-state index in [9.17, 15) is 10.2 Å². The number of hydrogen-bond donors (Lipinski definition) is 2. The molecule has 1 aromatic carbocycles. The molecule has 0 saturated heterocycles. The van der Waals surface area contributed by atoms with Crippen LogP contribution in [0.4, 0.5) is 0 Å². The molecule has 2 heteroatoms. The number of aromatic hydroxyl groups is 1. The van der Waals surface area contributed by atoms with E-state index >= 15 is 0 Å². The van der Waals surface area contributed by atoms with Gasteiger partial charge in [0, 0.05) is 0 Å². The fraction of sp³-hybridized carbons (Fsp3) is 0.812. The van der Waals surface area contributed by atoms with Gasteiger partial charge in [0.25, 0.3) is 0 Å². The number of benzene rings is 1. The van der Waals surface area contributed by atoms with E-state index in [2.05, 4.69) is 26.8 Å². The van der Waals surface area contributed by atoms with E-state index in [1.165, 1.54) is 101 Å². The summed E-state index contributed by atoms with van der Waals surface area (Å²) < 4.78 is 0. The molecule has 0 bridgehead atoms. The van der Waals surface area contributed by atoms with Crippen LogP contribution < -0.4 is 0 Å². The minimum atomic E-state index is -0.109. The van der Waals surface area contributed by atoms with Crippen molar-refractivity contribution in [1.29, 1.82) is 0 Å². The molecule has 0 aliphatic heterocycles. The molecular weight excluding hydrogens is 416 g/mol. The van der Waals surface area contributed by atoms with Crippen molar-refractivity contribution in [2.75, 3.05) is 0 Å². The van der Waals surface area contributed by atoms with Crippen LogP contribution in [0.15, 0.2) is 18.2 Å². The maximum Gasteiger partial charge on any atom is 0.115 e. The Bertz CT molecular complexity index is 772.